The number of benzene rings is 7. The Balaban J connectivity index is 1.30. The van der Waals surface area contributed by atoms with Crippen LogP contribution in [-0.4, -0.2) is 0 Å². The molecule has 0 saturated heterocycles. The van der Waals surface area contributed by atoms with Gasteiger partial charge in [0.1, 0.15) is 27.9 Å². The summed E-state index contributed by atoms with van der Waals surface area (Å²) < 4.78 is 18.7. The van der Waals surface area contributed by atoms with Gasteiger partial charge in [0.25, 0.3) is 0 Å². The molecule has 0 unspecified atom stereocenters. The molecule has 10 aromatic rings. The first-order valence-electron chi connectivity index (χ1n) is 14.5. The zero-order chi connectivity index (χ0) is 28.1. The van der Waals surface area contributed by atoms with Gasteiger partial charge in [0.2, 0.25) is 0 Å². The van der Waals surface area contributed by atoms with Crippen molar-refractivity contribution >= 4 is 76.4 Å². The van der Waals surface area contributed by atoms with E-state index in [1.54, 1.807) is 0 Å². The monoisotopic (exact) mass is 550 g/mol. The molecule has 0 aliphatic heterocycles. The Kier molecular flexibility index (Phi) is 4.45. The summed E-state index contributed by atoms with van der Waals surface area (Å²) in [4.78, 5) is 0. The first-order valence-corrected chi connectivity index (χ1v) is 14.5. The van der Waals surface area contributed by atoms with Crippen molar-refractivity contribution in [1.82, 2.24) is 0 Å². The van der Waals surface area contributed by atoms with Crippen LogP contribution < -0.4 is 0 Å². The van der Waals surface area contributed by atoms with Crippen LogP contribution in [0.1, 0.15) is 0 Å². The van der Waals surface area contributed by atoms with E-state index in [2.05, 4.69) is 97.1 Å². The van der Waals surface area contributed by atoms with Gasteiger partial charge in [0, 0.05) is 38.1 Å². The molecule has 0 aliphatic rings. The highest BCUT2D eigenvalue weighted by Crippen LogP contribution is 2.47. The van der Waals surface area contributed by atoms with Gasteiger partial charge in [0.15, 0.2) is 0 Å². The van der Waals surface area contributed by atoms with Crippen molar-refractivity contribution in [1.29, 1.82) is 0 Å². The molecule has 10 rings (SSSR count). The summed E-state index contributed by atoms with van der Waals surface area (Å²) in [7, 11) is 0. The van der Waals surface area contributed by atoms with E-state index in [4.69, 9.17) is 13.3 Å². The molecule has 0 saturated carbocycles. The Morgan fingerprint density at radius 1 is 0.326 bits per heavy atom. The van der Waals surface area contributed by atoms with Crippen LogP contribution in [0.25, 0.3) is 98.6 Å². The van der Waals surface area contributed by atoms with E-state index in [0.29, 0.717) is 0 Å². The van der Waals surface area contributed by atoms with Crippen LogP contribution in [0.4, 0.5) is 0 Å². The summed E-state index contributed by atoms with van der Waals surface area (Å²) in [5.74, 6) is 0. The summed E-state index contributed by atoms with van der Waals surface area (Å²) in [5.41, 5.74) is 9.02. The SMILES string of the molecule is c1ccc2c(c1)oc1ccc(-c3c4ccccc4c(-c4coc5cc6c(cc45)oc4ccccc46)c4ccccc34)cc12. The molecule has 0 fully saturated rings. The number of para-hydroxylation sites is 2. The maximum Gasteiger partial charge on any atom is 0.136 e. The molecule has 3 aromatic heterocycles. The summed E-state index contributed by atoms with van der Waals surface area (Å²) >= 11 is 0. The Hall–Kier alpha value is -5.80. The van der Waals surface area contributed by atoms with E-state index in [-0.39, 0.29) is 0 Å². The quantitative estimate of drug-likeness (QED) is 0.201. The van der Waals surface area contributed by atoms with Crippen molar-refractivity contribution in [2.24, 2.45) is 0 Å². The van der Waals surface area contributed by atoms with Gasteiger partial charge in [0.05, 0.1) is 6.26 Å². The van der Waals surface area contributed by atoms with Crippen LogP contribution in [-0.2, 0) is 0 Å². The lowest BCUT2D eigenvalue weighted by Crippen LogP contribution is -1.90. The van der Waals surface area contributed by atoms with Crippen LogP contribution in [0.2, 0.25) is 0 Å². The van der Waals surface area contributed by atoms with E-state index < -0.39 is 0 Å². The highest BCUT2D eigenvalue weighted by atomic mass is 16.3. The highest BCUT2D eigenvalue weighted by molar-refractivity contribution is 6.24. The Labute approximate surface area is 245 Å². The normalized spacial score (nSPS) is 12.2. The topological polar surface area (TPSA) is 39.4 Å². The van der Waals surface area contributed by atoms with Crippen molar-refractivity contribution < 1.29 is 13.3 Å². The van der Waals surface area contributed by atoms with Crippen molar-refractivity contribution in [2.75, 3.05) is 0 Å². The van der Waals surface area contributed by atoms with Gasteiger partial charge in [-0.1, -0.05) is 91.0 Å². The number of hydrogen-bond acceptors (Lipinski definition) is 3. The molecule has 0 N–H and O–H groups in total. The number of hydrogen-bond donors (Lipinski definition) is 0. The number of fused-ring (bicyclic) bond motifs is 9. The summed E-state index contributed by atoms with van der Waals surface area (Å²) in [6.45, 7) is 0. The lowest BCUT2D eigenvalue weighted by atomic mass is 9.85. The molecule has 3 nitrogen and oxygen atoms in total. The van der Waals surface area contributed by atoms with E-state index in [1.807, 2.05) is 36.6 Å². The van der Waals surface area contributed by atoms with E-state index >= 15 is 0 Å². The molecule has 0 bridgehead atoms. The first-order chi connectivity index (χ1) is 21.3. The third-order valence-electron chi connectivity index (χ3n) is 8.94. The lowest BCUT2D eigenvalue weighted by Gasteiger charge is -2.17. The van der Waals surface area contributed by atoms with Crippen LogP contribution in [0.3, 0.4) is 0 Å². The summed E-state index contributed by atoms with van der Waals surface area (Å²) in [5, 5.41) is 10.2. The second kappa shape index (κ2) is 8.37. The largest absolute Gasteiger partial charge is 0.464 e. The first kappa shape index (κ1) is 22.8. The third-order valence-corrected chi connectivity index (χ3v) is 8.94. The fourth-order valence-corrected chi connectivity index (χ4v) is 7.05. The Bertz CT molecular complexity index is 2680. The zero-order valence-electron chi connectivity index (χ0n) is 22.9. The smallest absolute Gasteiger partial charge is 0.136 e. The molecule has 7 aromatic carbocycles. The molecule has 0 radical (unpaired) electrons. The summed E-state index contributed by atoms with van der Waals surface area (Å²) in [6.07, 6.45) is 1.91. The predicted molar refractivity (Wildman–Crippen MR) is 177 cm³/mol. The molecule has 0 aliphatic carbocycles. The molecule has 0 amide bonds. The van der Waals surface area contributed by atoms with Crippen LogP contribution >= 0.6 is 0 Å². The predicted octanol–water partition coefficient (Wildman–Crippen LogP) is 11.9. The van der Waals surface area contributed by atoms with Gasteiger partial charge in [-0.2, -0.15) is 0 Å². The lowest BCUT2D eigenvalue weighted by molar-refractivity contribution is 0.617. The summed E-state index contributed by atoms with van der Waals surface area (Å²) in [6, 6.07) is 44.6. The van der Waals surface area contributed by atoms with Gasteiger partial charge in [-0.25, -0.2) is 0 Å². The fourth-order valence-electron chi connectivity index (χ4n) is 7.05. The minimum Gasteiger partial charge on any atom is -0.464 e. The highest BCUT2D eigenvalue weighted by Gasteiger charge is 2.21. The number of furan rings is 3. The second-order valence-electron chi connectivity index (χ2n) is 11.2. The number of rotatable bonds is 2. The van der Waals surface area contributed by atoms with E-state index in [1.165, 1.54) is 38.2 Å². The van der Waals surface area contributed by atoms with Gasteiger partial charge < -0.3 is 13.3 Å². The third kappa shape index (κ3) is 3.14. The van der Waals surface area contributed by atoms with Gasteiger partial charge in [-0.05, 0) is 69.1 Å². The van der Waals surface area contributed by atoms with Gasteiger partial charge >= 0.3 is 0 Å². The molecule has 0 atom stereocenters. The van der Waals surface area contributed by atoms with E-state index in [9.17, 15) is 0 Å². The van der Waals surface area contributed by atoms with Gasteiger partial charge in [-0.15, -0.1) is 0 Å². The molecular weight excluding hydrogens is 528 g/mol. The van der Waals surface area contributed by atoms with Crippen molar-refractivity contribution in [3.8, 4) is 22.3 Å². The Morgan fingerprint density at radius 3 is 1.47 bits per heavy atom. The molecule has 43 heavy (non-hydrogen) atoms. The van der Waals surface area contributed by atoms with Crippen LogP contribution in [0, 0.1) is 0 Å². The average Bonchev–Trinajstić information content (AvgIpc) is 3.75. The molecule has 3 heterocycles. The molecule has 200 valence electrons. The van der Waals surface area contributed by atoms with Crippen LogP contribution in [0.15, 0.2) is 147 Å². The maximum absolute atomic E-state index is 6.28. The Morgan fingerprint density at radius 2 is 0.814 bits per heavy atom. The zero-order valence-corrected chi connectivity index (χ0v) is 22.9. The van der Waals surface area contributed by atoms with E-state index in [0.717, 1.165) is 60.4 Å². The molecular formula is C40H22O3. The standard InChI is InChI=1S/C40H22O3/c1-3-13-28-26(11-1)39(23-17-18-36-30(19-23)24-9-5-7-15-34(24)42-36)27-12-2-4-14-29(27)40(28)33-22-41-37-20-31-25-10-6-8-16-35(25)43-38(31)21-32(33)37/h1-22H. The minimum absolute atomic E-state index is 0.851. The molecule has 3 heteroatoms. The van der Waals surface area contributed by atoms with Crippen molar-refractivity contribution in [2.45, 2.75) is 0 Å². The van der Waals surface area contributed by atoms with Crippen LogP contribution in [0.5, 0.6) is 0 Å². The second-order valence-corrected chi connectivity index (χ2v) is 11.2. The van der Waals surface area contributed by atoms with Gasteiger partial charge in [-0.3, -0.25) is 0 Å². The molecule has 0 spiro atoms. The van der Waals surface area contributed by atoms with Crippen molar-refractivity contribution in [3.05, 3.63) is 134 Å². The average molecular weight is 551 g/mol. The maximum atomic E-state index is 6.28. The van der Waals surface area contributed by atoms with Crippen molar-refractivity contribution in [3.63, 3.8) is 0 Å². The fraction of sp³-hybridized carbons (Fsp3) is 0. The minimum atomic E-state index is 0.851.